The van der Waals surface area contributed by atoms with E-state index in [-0.39, 0.29) is 12.3 Å². The topological polar surface area (TPSA) is 49.7 Å². The van der Waals surface area contributed by atoms with E-state index in [1.54, 1.807) is 0 Å². The molecule has 1 aromatic carbocycles. The van der Waals surface area contributed by atoms with Crippen LogP contribution in [0.5, 0.6) is 0 Å². The number of hydrogen-bond acceptors (Lipinski definition) is 4. The summed E-state index contributed by atoms with van der Waals surface area (Å²) in [5.41, 5.74) is 2.62. The van der Waals surface area contributed by atoms with Gasteiger partial charge in [0.05, 0.1) is 13.2 Å². The maximum atomic E-state index is 12.1. The summed E-state index contributed by atoms with van der Waals surface area (Å²) in [5.74, 6) is -0.298. The Hall–Kier alpha value is -1.85. The molecule has 1 atom stereocenters. The van der Waals surface area contributed by atoms with Crippen LogP contribution in [-0.2, 0) is 27.9 Å². The zero-order chi connectivity index (χ0) is 16.2. The van der Waals surface area contributed by atoms with Gasteiger partial charge in [0, 0.05) is 24.6 Å². The number of carbonyl (C=O) groups is 1. The Balaban J connectivity index is 1.83. The van der Waals surface area contributed by atoms with Crippen LogP contribution in [0.4, 0.5) is 0 Å². The van der Waals surface area contributed by atoms with Crippen molar-refractivity contribution in [2.45, 2.75) is 39.1 Å². The van der Waals surface area contributed by atoms with Gasteiger partial charge in [0.25, 0.3) is 0 Å². The van der Waals surface area contributed by atoms with E-state index in [0.29, 0.717) is 18.9 Å². The zero-order valence-corrected chi connectivity index (χ0v) is 13.7. The summed E-state index contributed by atoms with van der Waals surface area (Å²) in [7, 11) is 1.88. The standard InChI is InChI=1S/C18H23NO4/c1-3-21-18(20)16-11-14-13(7-6-8-15(14)19(16)2)12-23-17-9-4-5-10-22-17/h6-8,11,17H,3-5,9-10,12H2,1-2H3. The third-order valence-electron chi connectivity index (χ3n) is 4.22. The third kappa shape index (κ3) is 3.41. The third-order valence-corrected chi connectivity index (χ3v) is 4.22. The van der Waals surface area contributed by atoms with Gasteiger partial charge in [-0.25, -0.2) is 4.79 Å². The smallest absolute Gasteiger partial charge is 0.354 e. The number of nitrogens with zero attached hydrogens (tertiary/aromatic N) is 1. The predicted molar refractivity (Wildman–Crippen MR) is 87.3 cm³/mol. The molecule has 5 heteroatoms. The quantitative estimate of drug-likeness (QED) is 0.793. The molecular weight excluding hydrogens is 294 g/mol. The highest BCUT2D eigenvalue weighted by atomic mass is 16.7. The lowest BCUT2D eigenvalue weighted by Gasteiger charge is -2.22. The summed E-state index contributed by atoms with van der Waals surface area (Å²) in [6.45, 7) is 3.43. The van der Waals surface area contributed by atoms with Crippen LogP contribution in [0.3, 0.4) is 0 Å². The molecule has 1 aliphatic heterocycles. The van der Waals surface area contributed by atoms with Crippen molar-refractivity contribution in [3.8, 4) is 0 Å². The molecule has 124 valence electrons. The molecule has 1 saturated heterocycles. The highest BCUT2D eigenvalue weighted by Crippen LogP contribution is 2.25. The minimum Gasteiger partial charge on any atom is -0.461 e. The second-order valence-electron chi connectivity index (χ2n) is 5.77. The molecule has 2 aromatic rings. The Morgan fingerprint density at radius 3 is 3.00 bits per heavy atom. The normalized spacial score (nSPS) is 18.3. The van der Waals surface area contributed by atoms with Gasteiger partial charge in [-0.1, -0.05) is 12.1 Å². The number of hydrogen-bond donors (Lipinski definition) is 0. The summed E-state index contributed by atoms with van der Waals surface area (Å²) >= 11 is 0. The molecule has 0 saturated carbocycles. The van der Waals surface area contributed by atoms with Gasteiger partial charge in [-0.05, 0) is 43.9 Å². The Morgan fingerprint density at radius 2 is 2.26 bits per heavy atom. The fourth-order valence-corrected chi connectivity index (χ4v) is 2.97. The number of aromatic nitrogens is 1. The molecular formula is C18H23NO4. The van der Waals surface area contributed by atoms with Gasteiger partial charge in [-0.3, -0.25) is 0 Å². The van der Waals surface area contributed by atoms with Crippen molar-refractivity contribution in [3.05, 3.63) is 35.5 Å². The molecule has 0 aliphatic carbocycles. The van der Waals surface area contributed by atoms with Crippen molar-refractivity contribution < 1.29 is 19.0 Å². The Kier molecular flexibility index (Phi) is 4.98. The van der Waals surface area contributed by atoms with E-state index in [0.717, 1.165) is 42.3 Å². The lowest BCUT2D eigenvalue weighted by molar-refractivity contribution is -0.168. The number of carbonyl (C=O) groups excluding carboxylic acids is 1. The average Bonchev–Trinajstić information content (AvgIpc) is 2.92. The summed E-state index contributed by atoms with van der Waals surface area (Å²) in [5, 5.41) is 1.02. The van der Waals surface area contributed by atoms with E-state index in [1.165, 1.54) is 0 Å². The van der Waals surface area contributed by atoms with E-state index < -0.39 is 0 Å². The molecule has 0 radical (unpaired) electrons. The van der Waals surface area contributed by atoms with Crippen molar-refractivity contribution in [2.75, 3.05) is 13.2 Å². The fourth-order valence-electron chi connectivity index (χ4n) is 2.97. The Bertz CT molecular complexity index is 686. The molecule has 0 amide bonds. The van der Waals surface area contributed by atoms with E-state index in [4.69, 9.17) is 14.2 Å². The maximum absolute atomic E-state index is 12.1. The summed E-state index contributed by atoms with van der Waals surface area (Å²) in [6.07, 6.45) is 3.08. The lowest BCUT2D eigenvalue weighted by Crippen LogP contribution is -2.22. The van der Waals surface area contributed by atoms with Gasteiger partial charge in [0.15, 0.2) is 6.29 Å². The van der Waals surface area contributed by atoms with Gasteiger partial charge in [-0.2, -0.15) is 0 Å². The lowest BCUT2D eigenvalue weighted by atomic mass is 10.1. The van der Waals surface area contributed by atoms with Crippen LogP contribution in [0.2, 0.25) is 0 Å². The highest BCUT2D eigenvalue weighted by molar-refractivity contribution is 5.96. The van der Waals surface area contributed by atoms with E-state index in [2.05, 4.69) is 0 Å². The second kappa shape index (κ2) is 7.15. The van der Waals surface area contributed by atoms with Crippen molar-refractivity contribution in [2.24, 2.45) is 7.05 Å². The van der Waals surface area contributed by atoms with Crippen LogP contribution >= 0.6 is 0 Å². The molecule has 1 fully saturated rings. The Labute approximate surface area is 136 Å². The minimum atomic E-state index is -0.298. The van der Waals surface area contributed by atoms with E-state index in [9.17, 15) is 4.79 Å². The monoisotopic (exact) mass is 317 g/mol. The maximum Gasteiger partial charge on any atom is 0.354 e. The van der Waals surface area contributed by atoms with Crippen LogP contribution in [0.25, 0.3) is 10.9 Å². The number of ether oxygens (including phenoxy) is 3. The molecule has 0 N–H and O–H groups in total. The van der Waals surface area contributed by atoms with Gasteiger partial charge < -0.3 is 18.8 Å². The average molecular weight is 317 g/mol. The summed E-state index contributed by atoms with van der Waals surface area (Å²) < 4.78 is 18.5. The molecule has 0 spiro atoms. The number of fused-ring (bicyclic) bond motifs is 1. The number of aryl methyl sites for hydroxylation is 1. The van der Waals surface area contributed by atoms with E-state index in [1.807, 2.05) is 42.8 Å². The Morgan fingerprint density at radius 1 is 1.39 bits per heavy atom. The van der Waals surface area contributed by atoms with Crippen molar-refractivity contribution in [1.82, 2.24) is 4.57 Å². The minimum absolute atomic E-state index is 0.118. The summed E-state index contributed by atoms with van der Waals surface area (Å²) in [6, 6.07) is 7.89. The van der Waals surface area contributed by atoms with Crippen LogP contribution in [0.1, 0.15) is 42.2 Å². The van der Waals surface area contributed by atoms with Gasteiger partial charge in [-0.15, -0.1) is 0 Å². The first-order chi connectivity index (χ1) is 11.2. The second-order valence-corrected chi connectivity index (χ2v) is 5.77. The molecule has 1 aromatic heterocycles. The molecule has 3 rings (SSSR count). The highest BCUT2D eigenvalue weighted by Gasteiger charge is 2.18. The zero-order valence-electron chi connectivity index (χ0n) is 13.7. The van der Waals surface area contributed by atoms with Crippen molar-refractivity contribution in [1.29, 1.82) is 0 Å². The largest absolute Gasteiger partial charge is 0.461 e. The number of benzene rings is 1. The van der Waals surface area contributed by atoms with Gasteiger partial charge in [0.2, 0.25) is 0 Å². The molecule has 5 nitrogen and oxygen atoms in total. The molecule has 23 heavy (non-hydrogen) atoms. The first kappa shape index (κ1) is 16.0. The van der Waals surface area contributed by atoms with Crippen LogP contribution in [0, 0.1) is 0 Å². The van der Waals surface area contributed by atoms with Gasteiger partial charge in [0.1, 0.15) is 5.69 Å². The molecule has 2 heterocycles. The first-order valence-electron chi connectivity index (χ1n) is 8.18. The fraction of sp³-hybridized carbons (Fsp3) is 0.500. The summed E-state index contributed by atoms with van der Waals surface area (Å²) in [4.78, 5) is 12.1. The number of rotatable bonds is 5. The predicted octanol–water partition coefficient (Wildman–Crippen LogP) is 3.40. The molecule has 0 bridgehead atoms. The van der Waals surface area contributed by atoms with Crippen molar-refractivity contribution in [3.63, 3.8) is 0 Å². The first-order valence-corrected chi connectivity index (χ1v) is 8.18. The number of esters is 1. The molecule has 1 unspecified atom stereocenters. The molecule has 1 aliphatic rings. The SMILES string of the molecule is CCOC(=O)c1cc2c(COC3CCCCO3)cccc2n1C. The van der Waals surface area contributed by atoms with Crippen LogP contribution in [0.15, 0.2) is 24.3 Å². The van der Waals surface area contributed by atoms with Crippen molar-refractivity contribution >= 4 is 16.9 Å². The van der Waals surface area contributed by atoms with E-state index >= 15 is 0 Å². The van der Waals surface area contributed by atoms with Crippen LogP contribution in [-0.4, -0.2) is 30.0 Å². The van der Waals surface area contributed by atoms with Gasteiger partial charge >= 0.3 is 5.97 Å². The van der Waals surface area contributed by atoms with Crippen LogP contribution < -0.4 is 0 Å².